The van der Waals surface area contributed by atoms with Crippen LogP contribution in [0.1, 0.15) is 19.4 Å². The zero-order valence-electron chi connectivity index (χ0n) is 14.9. The molecule has 0 saturated heterocycles. The average Bonchev–Trinajstić information content (AvgIpc) is 2.67. The van der Waals surface area contributed by atoms with Crippen LogP contribution in [0.2, 0.25) is 0 Å². The number of aromatic nitrogens is 3. The summed E-state index contributed by atoms with van der Waals surface area (Å²) in [7, 11) is 1.99. The summed E-state index contributed by atoms with van der Waals surface area (Å²) in [6, 6.07) is 20.7. The number of benzene rings is 2. The molecule has 3 rings (SSSR count). The fourth-order valence-electron chi connectivity index (χ4n) is 2.62. The van der Waals surface area contributed by atoms with Crippen LogP contribution in [0.5, 0.6) is 0 Å². The molecule has 0 amide bonds. The first-order valence-electron chi connectivity index (χ1n) is 8.44. The van der Waals surface area contributed by atoms with Crippen LogP contribution in [0.4, 0.5) is 17.5 Å². The minimum Gasteiger partial charge on any atom is -0.333 e. The topological polar surface area (TPSA) is 45.2 Å². The van der Waals surface area contributed by atoms with Crippen LogP contribution in [-0.2, 0) is 6.54 Å². The molecule has 1 heterocycles. The highest BCUT2D eigenvalue weighted by Gasteiger charge is 2.16. The minimum absolute atomic E-state index is 0.263. The number of rotatable bonds is 6. The second-order valence-corrected chi connectivity index (χ2v) is 6.22. The second kappa shape index (κ2) is 7.75. The Balaban J connectivity index is 1.88. The Morgan fingerprint density at radius 3 is 2.20 bits per heavy atom. The summed E-state index contributed by atoms with van der Waals surface area (Å²) in [4.78, 5) is 8.92. The lowest BCUT2D eigenvalue weighted by Gasteiger charge is -2.27. The van der Waals surface area contributed by atoms with E-state index in [0.717, 1.165) is 18.1 Å². The van der Waals surface area contributed by atoms with Gasteiger partial charge in [0.1, 0.15) is 0 Å². The van der Waals surface area contributed by atoms with Crippen LogP contribution in [0.25, 0.3) is 0 Å². The van der Waals surface area contributed by atoms with Crippen LogP contribution in [0, 0.1) is 0 Å². The smallest absolute Gasteiger partial charge is 0.247 e. The predicted octanol–water partition coefficient (Wildman–Crippen LogP) is 4.05. The average molecular weight is 333 g/mol. The monoisotopic (exact) mass is 333 g/mol. The van der Waals surface area contributed by atoms with Gasteiger partial charge in [-0.3, -0.25) is 0 Å². The largest absolute Gasteiger partial charge is 0.333 e. The zero-order chi connectivity index (χ0) is 17.6. The number of hydrogen-bond donors (Lipinski definition) is 0. The highest BCUT2D eigenvalue weighted by molar-refractivity contribution is 5.58. The van der Waals surface area contributed by atoms with Gasteiger partial charge in [0.15, 0.2) is 5.82 Å². The van der Waals surface area contributed by atoms with E-state index in [1.165, 1.54) is 5.56 Å². The molecule has 3 aromatic rings. The van der Waals surface area contributed by atoms with Crippen molar-refractivity contribution >= 4 is 17.5 Å². The van der Waals surface area contributed by atoms with Gasteiger partial charge in [-0.05, 0) is 31.5 Å². The molecule has 2 aromatic carbocycles. The van der Waals surface area contributed by atoms with Crippen molar-refractivity contribution < 1.29 is 0 Å². The van der Waals surface area contributed by atoms with Crippen molar-refractivity contribution in [1.29, 1.82) is 0 Å². The van der Waals surface area contributed by atoms with Crippen molar-refractivity contribution in [3.63, 3.8) is 0 Å². The SMILES string of the molecule is CC(C)N(Cc1ccccc1)c1nncc(N(C)c2ccccc2)n1. The normalized spacial score (nSPS) is 10.7. The molecule has 1 aromatic heterocycles. The molecule has 0 aliphatic rings. The zero-order valence-corrected chi connectivity index (χ0v) is 14.9. The third kappa shape index (κ3) is 4.12. The van der Waals surface area contributed by atoms with Gasteiger partial charge in [-0.15, -0.1) is 5.10 Å². The molecular formula is C20H23N5. The molecule has 0 unspecified atom stereocenters. The number of para-hydroxylation sites is 1. The van der Waals surface area contributed by atoms with Crippen LogP contribution in [0.3, 0.4) is 0 Å². The fraction of sp³-hybridized carbons (Fsp3) is 0.250. The van der Waals surface area contributed by atoms with Crippen LogP contribution >= 0.6 is 0 Å². The van der Waals surface area contributed by atoms with Crippen LogP contribution in [-0.4, -0.2) is 28.3 Å². The van der Waals surface area contributed by atoms with Gasteiger partial charge >= 0.3 is 0 Å². The third-order valence-corrected chi connectivity index (χ3v) is 4.10. The summed E-state index contributed by atoms with van der Waals surface area (Å²) in [6.45, 7) is 5.03. The summed E-state index contributed by atoms with van der Waals surface area (Å²) < 4.78 is 0. The summed E-state index contributed by atoms with van der Waals surface area (Å²) in [5.41, 5.74) is 2.29. The van der Waals surface area contributed by atoms with E-state index in [4.69, 9.17) is 4.98 Å². The van der Waals surface area contributed by atoms with E-state index in [0.29, 0.717) is 5.95 Å². The molecule has 0 aliphatic carbocycles. The minimum atomic E-state index is 0.263. The van der Waals surface area contributed by atoms with Crippen molar-refractivity contribution in [2.75, 3.05) is 16.8 Å². The number of nitrogens with zero attached hydrogens (tertiary/aromatic N) is 5. The Bertz CT molecular complexity index is 789. The van der Waals surface area contributed by atoms with Crippen LogP contribution < -0.4 is 9.80 Å². The van der Waals surface area contributed by atoms with Gasteiger partial charge in [-0.2, -0.15) is 10.1 Å². The lowest BCUT2D eigenvalue weighted by atomic mass is 10.2. The lowest BCUT2D eigenvalue weighted by Crippen LogP contribution is -2.32. The predicted molar refractivity (Wildman–Crippen MR) is 102 cm³/mol. The second-order valence-electron chi connectivity index (χ2n) is 6.22. The number of hydrogen-bond acceptors (Lipinski definition) is 5. The van der Waals surface area contributed by atoms with Crippen molar-refractivity contribution in [1.82, 2.24) is 15.2 Å². The van der Waals surface area contributed by atoms with E-state index < -0.39 is 0 Å². The molecule has 0 bridgehead atoms. The molecule has 128 valence electrons. The first-order chi connectivity index (χ1) is 12.1. The van der Waals surface area contributed by atoms with E-state index in [2.05, 4.69) is 41.1 Å². The lowest BCUT2D eigenvalue weighted by molar-refractivity contribution is 0.652. The summed E-state index contributed by atoms with van der Waals surface area (Å²) in [5, 5.41) is 8.45. The van der Waals surface area contributed by atoms with E-state index in [1.54, 1.807) is 6.20 Å². The maximum absolute atomic E-state index is 4.75. The van der Waals surface area contributed by atoms with E-state index in [-0.39, 0.29) is 6.04 Å². The Hall–Kier alpha value is -2.95. The standard InChI is InChI=1S/C20H23N5/c1-16(2)25(15-17-10-6-4-7-11-17)20-22-19(14-21-23-20)24(3)18-12-8-5-9-13-18/h4-14,16H,15H2,1-3H3. The van der Waals surface area contributed by atoms with Gasteiger partial charge in [0, 0.05) is 25.3 Å². The first kappa shape index (κ1) is 16.9. The Kier molecular flexibility index (Phi) is 5.23. The molecule has 0 aliphatic heterocycles. The van der Waals surface area contributed by atoms with E-state index >= 15 is 0 Å². The third-order valence-electron chi connectivity index (χ3n) is 4.10. The van der Waals surface area contributed by atoms with Gasteiger partial charge in [0.25, 0.3) is 0 Å². The Morgan fingerprint density at radius 1 is 0.920 bits per heavy atom. The van der Waals surface area contributed by atoms with Gasteiger partial charge in [-0.25, -0.2) is 0 Å². The summed E-state index contributed by atoms with van der Waals surface area (Å²) >= 11 is 0. The van der Waals surface area contributed by atoms with Gasteiger partial charge < -0.3 is 9.80 Å². The van der Waals surface area contributed by atoms with E-state index in [1.807, 2.05) is 60.5 Å². The van der Waals surface area contributed by atoms with Crippen molar-refractivity contribution in [2.24, 2.45) is 0 Å². The highest BCUT2D eigenvalue weighted by atomic mass is 15.4. The van der Waals surface area contributed by atoms with Crippen molar-refractivity contribution in [2.45, 2.75) is 26.4 Å². The van der Waals surface area contributed by atoms with Gasteiger partial charge in [0.2, 0.25) is 5.95 Å². The van der Waals surface area contributed by atoms with Crippen LogP contribution in [0.15, 0.2) is 66.9 Å². The molecule has 0 radical (unpaired) electrons. The molecule has 0 N–H and O–H groups in total. The van der Waals surface area contributed by atoms with Crippen molar-refractivity contribution in [3.05, 3.63) is 72.4 Å². The van der Waals surface area contributed by atoms with Crippen molar-refractivity contribution in [3.8, 4) is 0 Å². The summed E-state index contributed by atoms with van der Waals surface area (Å²) in [6.07, 6.45) is 1.69. The molecule has 0 saturated carbocycles. The highest BCUT2D eigenvalue weighted by Crippen LogP contribution is 2.23. The molecular weight excluding hydrogens is 310 g/mol. The fourth-order valence-corrected chi connectivity index (χ4v) is 2.62. The number of anilines is 3. The molecule has 0 spiro atoms. The summed E-state index contributed by atoms with van der Waals surface area (Å²) in [5.74, 6) is 1.41. The Morgan fingerprint density at radius 2 is 1.56 bits per heavy atom. The molecule has 5 heteroatoms. The maximum Gasteiger partial charge on any atom is 0.247 e. The molecule has 0 atom stereocenters. The molecule has 5 nitrogen and oxygen atoms in total. The maximum atomic E-state index is 4.75. The molecule has 0 fully saturated rings. The first-order valence-corrected chi connectivity index (χ1v) is 8.44. The quantitative estimate of drug-likeness (QED) is 0.681. The molecule has 25 heavy (non-hydrogen) atoms. The van der Waals surface area contributed by atoms with E-state index in [9.17, 15) is 0 Å². The Labute approximate surface area is 149 Å². The van der Waals surface area contributed by atoms with Gasteiger partial charge in [0.05, 0.1) is 6.20 Å². The van der Waals surface area contributed by atoms with Gasteiger partial charge in [-0.1, -0.05) is 48.5 Å².